The lowest BCUT2D eigenvalue weighted by molar-refractivity contribution is 0.477. The van der Waals surface area contributed by atoms with Crippen LogP contribution in [0.1, 0.15) is 12.8 Å². The summed E-state index contributed by atoms with van der Waals surface area (Å²) in [7, 11) is 0. The first-order valence-electron chi connectivity index (χ1n) is 9.78. The van der Waals surface area contributed by atoms with Crippen LogP contribution in [0.4, 0.5) is 22.0 Å². The van der Waals surface area contributed by atoms with Crippen molar-refractivity contribution in [3.8, 4) is 11.3 Å². The minimum absolute atomic E-state index is 0.0790. The molecular formula is C20H20FN9. The van der Waals surface area contributed by atoms with E-state index < -0.39 is 5.82 Å². The Bertz CT molecular complexity index is 1150. The number of fused-ring (bicyclic) bond motifs is 1. The van der Waals surface area contributed by atoms with Gasteiger partial charge < -0.3 is 16.0 Å². The van der Waals surface area contributed by atoms with Gasteiger partial charge >= 0.3 is 0 Å². The van der Waals surface area contributed by atoms with Crippen molar-refractivity contribution in [2.24, 2.45) is 0 Å². The van der Waals surface area contributed by atoms with E-state index in [-0.39, 0.29) is 11.8 Å². The fraction of sp³-hybridized carbons (Fsp3) is 0.250. The number of hydrogen-bond acceptors (Lipinski definition) is 8. The van der Waals surface area contributed by atoms with Gasteiger partial charge in [0.05, 0.1) is 11.9 Å². The van der Waals surface area contributed by atoms with Gasteiger partial charge in [0.1, 0.15) is 5.82 Å². The van der Waals surface area contributed by atoms with Crippen molar-refractivity contribution in [3.63, 3.8) is 0 Å². The Labute approximate surface area is 171 Å². The summed E-state index contributed by atoms with van der Waals surface area (Å²) in [5, 5.41) is 14.3. The quantitative estimate of drug-likeness (QED) is 0.465. The highest BCUT2D eigenvalue weighted by atomic mass is 19.1. The molecule has 0 aliphatic carbocycles. The molecule has 0 spiro atoms. The molecular weight excluding hydrogens is 385 g/mol. The third kappa shape index (κ3) is 3.77. The number of nitrogens with zero attached hydrogens (tertiary/aromatic N) is 6. The van der Waals surface area contributed by atoms with E-state index in [1.54, 1.807) is 23.1 Å². The number of hydrogen-bond donors (Lipinski definition) is 3. The zero-order valence-corrected chi connectivity index (χ0v) is 16.1. The maximum Gasteiger partial charge on any atom is 0.228 e. The predicted octanol–water partition coefficient (Wildman–Crippen LogP) is 2.63. The Morgan fingerprint density at radius 2 is 1.83 bits per heavy atom. The van der Waals surface area contributed by atoms with Crippen LogP contribution < -0.4 is 16.0 Å². The first-order chi connectivity index (χ1) is 14.8. The summed E-state index contributed by atoms with van der Waals surface area (Å²) in [5.74, 6) is 0.671. The molecule has 1 aliphatic rings. The van der Waals surface area contributed by atoms with Gasteiger partial charge in [-0.2, -0.15) is 0 Å². The molecule has 5 heterocycles. The minimum Gasteiger partial charge on any atom is -0.366 e. The van der Waals surface area contributed by atoms with E-state index in [0.717, 1.165) is 48.7 Å². The molecule has 4 aromatic heterocycles. The second-order valence-corrected chi connectivity index (χ2v) is 7.05. The minimum atomic E-state index is -0.468. The van der Waals surface area contributed by atoms with E-state index in [9.17, 15) is 4.39 Å². The average molecular weight is 405 g/mol. The number of imidazole rings is 1. The summed E-state index contributed by atoms with van der Waals surface area (Å²) >= 11 is 0. The first kappa shape index (κ1) is 18.4. The molecule has 0 saturated carbocycles. The van der Waals surface area contributed by atoms with E-state index in [0.29, 0.717) is 6.04 Å². The highest BCUT2D eigenvalue weighted by Crippen LogP contribution is 2.22. The Morgan fingerprint density at radius 3 is 2.63 bits per heavy atom. The van der Waals surface area contributed by atoms with Crippen LogP contribution in [-0.2, 0) is 0 Å². The standard InChI is InChI=1S/C20H20FN9/c21-15-2-1-7-23-19(15)28-20-25-10-13(11-26-20)16-12-24-18-4-3-17(29-30(16)18)27-14-5-8-22-9-6-14/h1-4,7,10-12,14,22H,5-6,8-9H2,(H,27,29)(H,23,25,26,28). The maximum atomic E-state index is 13.7. The third-order valence-electron chi connectivity index (χ3n) is 4.99. The topological polar surface area (TPSA) is 105 Å². The summed E-state index contributed by atoms with van der Waals surface area (Å²) in [6, 6.07) is 7.13. The summed E-state index contributed by atoms with van der Waals surface area (Å²) in [6.45, 7) is 2.02. The van der Waals surface area contributed by atoms with Crippen LogP contribution in [0.3, 0.4) is 0 Å². The van der Waals surface area contributed by atoms with Gasteiger partial charge in [0.2, 0.25) is 5.95 Å². The van der Waals surface area contributed by atoms with Crippen LogP contribution in [0.5, 0.6) is 0 Å². The summed E-state index contributed by atoms with van der Waals surface area (Å²) in [6.07, 6.45) is 8.66. The zero-order chi connectivity index (χ0) is 20.3. The second-order valence-electron chi connectivity index (χ2n) is 7.05. The van der Waals surface area contributed by atoms with Crippen molar-refractivity contribution >= 4 is 23.2 Å². The van der Waals surface area contributed by atoms with Gasteiger partial charge in [-0.1, -0.05) is 0 Å². The van der Waals surface area contributed by atoms with Crippen molar-refractivity contribution in [3.05, 3.63) is 54.9 Å². The van der Waals surface area contributed by atoms with Crippen molar-refractivity contribution in [1.82, 2.24) is 34.9 Å². The molecule has 1 saturated heterocycles. The van der Waals surface area contributed by atoms with E-state index in [4.69, 9.17) is 5.10 Å². The van der Waals surface area contributed by atoms with Crippen LogP contribution in [-0.4, -0.2) is 48.7 Å². The molecule has 0 aromatic carbocycles. The molecule has 0 bridgehead atoms. The van der Waals surface area contributed by atoms with Gasteiger partial charge in [-0.3, -0.25) is 0 Å². The first-order valence-corrected chi connectivity index (χ1v) is 9.78. The summed E-state index contributed by atoms with van der Waals surface area (Å²) < 4.78 is 15.5. The zero-order valence-electron chi connectivity index (χ0n) is 16.1. The summed E-state index contributed by atoms with van der Waals surface area (Å²) in [5.41, 5.74) is 2.26. The highest BCUT2D eigenvalue weighted by Gasteiger charge is 2.15. The average Bonchev–Trinajstić information content (AvgIpc) is 3.20. The molecule has 1 aliphatic heterocycles. The number of piperidine rings is 1. The SMILES string of the molecule is Fc1cccnc1Nc1ncc(-c2cnc3ccc(NC4CCNCC4)nn23)cn1. The van der Waals surface area contributed by atoms with Crippen molar-refractivity contribution < 1.29 is 4.39 Å². The lowest BCUT2D eigenvalue weighted by Gasteiger charge is -2.24. The lowest BCUT2D eigenvalue weighted by atomic mass is 10.1. The number of rotatable bonds is 5. The monoisotopic (exact) mass is 405 g/mol. The normalized spacial score (nSPS) is 14.7. The highest BCUT2D eigenvalue weighted by molar-refractivity contribution is 5.63. The van der Waals surface area contributed by atoms with Gasteiger partial charge in [-0.05, 0) is 50.2 Å². The molecule has 0 unspecified atom stereocenters. The molecule has 0 atom stereocenters. The Balaban J connectivity index is 1.38. The number of halogens is 1. The van der Waals surface area contributed by atoms with Crippen molar-refractivity contribution in [2.75, 3.05) is 23.7 Å². The van der Waals surface area contributed by atoms with E-state index >= 15 is 0 Å². The molecule has 5 rings (SSSR count). The van der Waals surface area contributed by atoms with Crippen LogP contribution in [0, 0.1) is 5.82 Å². The smallest absolute Gasteiger partial charge is 0.228 e. The molecule has 9 nitrogen and oxygen atoms in total. The van der Waals surface area contributed by atoms with Gasteiger partial charge in [0, 0.05) is 30.2 Å². The van der Waals surface area contributed by atoms with Crippen LogP contribution in [0.2, 0.25) is 0 Å². The van der Waals surface area contributed by atoms with E-state index in [2.05, 4.69) is 35.9 Å². The summed E-state index contributed by atoms with van der Waals surface area (Å²) in [4.78, 5) is 16.9. The Hall–Kier alpha value is -3.66. The Morgan fingerprint density at radius 1 is 1.00 bits per heavy atom. The van der Waals surface area contributed by atoms with E-state index in [1.807, 2.05) is 12.1 Å². The largest absolute Gasteiger partial charge is 0.366 e. The Kier molecular flexibility index (Phi) is 4.89. The molecule has 152 valence electrons. The van der Waals surface area contributed by atoms with Crippen LogP contribution in [0.25, 0.3) is 16.9 Å². The third-order valence-corrected chi connectivity index (χ3v) is 4.99. The van der Waals surface area contributed by atoms with Gasteiger partial charge in [0.25, 0.3) is 0 Å². The predicted molar refractivity (Wildman–Crippen MR) is 111 cm³/mol. The molecule has 0 amide bonds. The van der Waals surface area contributed by atoms with Crippen LogP contribution >= 0.6 is 0 Å². The number of pyridine rings is 1. The molecule has 0 radical (unpaired) electrons. The fourth-order valence-corrected chi connectivity index (χ4v) is 3.43. The molecule has 4 aromatic rings. The maximum absolute atomic E-state index is 13.7. The fourth-order valence-electron chi connectivity index (χ4n) is 3.43. The second kappa shape index (κ2) is 7.99. The van der Waals surface area contributed by atoms with Crippen molar-refractivity contribution in [1.29, 1.82) is 0 Å². The molecule has 3 N–H and O–H groups in total. The molecule has 30 heavy (non-hydrogen) atoms. The van der Waals surface area contributed by atoms with Gasteiger partial charge in [-0.25, -0.2) is 28.8 Å². The van der Waals surface area contributed by atoms with Crippen LogP contribution in [0.15, 0.2) is 49.1 Å². The van der Waals surface area contributed by atoms with Gasteiger partial charge in [0.15, 0.2) is 17.3 Å². The lowest BCUT2D eigenvalue weighted by Crippen LogP contribution is -2.35. The number of nitrogens with one attached hydrogen (secondary N) is 3. The van der Waals surface area contributed by atoms with Crippen molar-refractivity contribution in [2.45, 2.75) is 18.9 Å². The molecule has 1 fully saturated rings. The number of anilines is 3. The van der Waals surface area contributed by atoms with E-state index in [1.165, 1.54) is 18.3 Å². The molecule has 10 heteroatoms. The van der Waals surface area contributed by atoms with Gasteiger partial charge in [-0.15, -0.1) is 5.10 Å². The number of aromatic nitrogens is 6.